The molecule has 1 heterocycles. The van der Waals surface area contributed by atoms with Crippen LogP contribution >= 0.6 is 0 Å². The predicted molar refractivity (Wildman–Crippen MR) is 92.6 cm³/mol. The molecule has 2 aromatic carbocycles. The summed E-state index contributed by atoms with van der Waals surface area (Å²) in [5, 5.41) is 0. The van der Waals surface area contributed by atoms with E-state index >= 15 is 0 Å². The van der Waals surface area contributed by atoms with E-state index in [1.54, 1.807) is 4.90 Å². The molecule has 0 unspecified atom stereocenters. The van der Waals surface area contributed by atoms with Gasteiger partial charge in [0.05, 0.1) is 11.4 Å². The summed E-state index contributed by atoms with van der Waals surface area (Å²) in [7, 11) is 0. The first kappa shape index (κ1) is 15.4. The molecule has 0 aromatic heterocycles. The number of nitrogens with zero attached hydrogens (tertiary/aromatic N) is 2. The maximum absolute atomic E-state index is 13.3. The highest BCUT2D eigenvalue weighted by Crippen LogP contribution is 2.46. The van der Waals surface area contributed by atoms with Gasteiger partial charge in [0.25, 0.3) is 0 Å². The second kappa shape index (κ2) is 5.95. The van der Waals surface area contributed by atoms with Crippen molar-refractivity contribution in [2.24, 2.45) is 0 Å². The highest BCUT2D eigenvalue weighted by Gasteiger charge is 2.33. The molecule has 0 fully saturated rings. The molecule has 0 atom stereocenters. The molecule has 4 nitrogen and oxygen atoms in total. The SMILES string of the molecule is CC(C)N(C(=O)N1c2ccccc2Oc2ccccc21)C(C)C. The van der Waals surface area contributed by atoms with Crippen molar-refractivity contribution in [1.82, 2.24) is 4.90 Å². The van der Waals surface area contributed by atoms with Crippen LogP contribution in [0.2, 0.25) is 0 Å². The lowest BCUT2D eigenvalue weighted by Crippen LogP contribution is -2.48. The van der Waals surface area contributed by atoms with Gasteiger partial charge in [-0.2, -0.15) is 0 Å². The number of anilines is 2. The summed E-state index contributed by atoms with van der Waals surface area (Å²) in [6.45, 7) is 8.15. The van der Waals surface area contributed by atoms with E-state index < -0.39 is 0 Å². The Bertz CT molecular complexity index is 671. The van der Waals surface area contributed by atoms with Gasteiger partial charge in [0.1, 0.15) is 0 Å². The zero-order valence-electron chi connectivity index (χ0n) is 14.0. The monoisotopic (exact) mass is 310 g/mol. The van der Waals surface area contributed by atoms with Gasteiger partial charge in [0, 0.05) is 12.1 Å². The van der Waals surface area contributed by atoms with Crippen LogP contribution in [0.15, 0.2) is 48.5 Å². The molecule has 2 amide bonds. The van der Waals surface area contributed by atoms with Gasteiger partial charge in [0.15, 0.2) is 11.5 Å². The molecule has 0 saturated heterocycles. The summed E-state index contributed by atoms with van der Waals surface area (Å²) in [6.07, 6.45) is 0. The zero-order valence-corrected chi connectivity index (χ0v) is 14.0. The van der Waals surface area contributed by atoms with Crippen molar-refractivity contribution in [3.8, 4) is 11.5 Å². The summed E-state index contributed by atoms with van der Waals surface area (Å²) >= 11 is 0. The predicted octanol–water partition coefficient (Wildman–Crippen LogP) is 5.17. The van der Waals surface area contributed by atoms with E-state index in [0.717, 1.165) is 11.4 Å². The number of hydrogen-bond acceptors (Lipinski definition) is 2. The number of para-hydroxylation sites is 4. The maximum Gasteiger partial charge on any atom is 0.329 e. The van der Waals surface area contributed by atoms with Crippen LogP contribution in [-0.4, -0.2) is 23.0 Å². The van der Waals surface area contributed by atoms with Gasteiger partial charge < -0.3 is 9.64 Å². The van der Waals surface area contributed by atoms with Crippen LogP contribution in [0.5, 0.6) is 11.5 Å². The Hall–Kier alpha value is -2.49. The molecule has 0 spiro atoms. The molecule has 1 aliphatic heterocycles. The molecule has 1 aliphatic rings. The second-order valence-corrected chi connectivity index (χ2v) is 6.25. The van der Waals surface area contributed by atoms with E-state index in [-0.39, 0.29) is 18.1 Å². The standard InChI is InChI=1S/C19H22N2O2/c1-13(2)20(14(3)4)19(22)21-15-9-5-7-11-17(15)23-18-12-8-6-10-16(18)21/h5-14H,1-4H3. The number of urea groups is 1. The Labute approximate surface area is 137 Å². The minimum absolute atomic E-state index is 0.0294. The van der Waals surface area contributed by atoms with Crippen molar-refractivity contribution >= 4 is 17.4 Å². The van der Waals surface area contributed by atoms with E-state index in [9.17, 15) is 4.79 Å². The Morgan fingerprint density at radius 1 is 0.870 bits per heavy atom. The van der Waals surface area contributed by atoms with Gasteiger partial charge in [-0.3, -0.25) is 4.90 Å². The molecule has 2 aromatic rings. The molecular formula is C19H22N2O2. The lowest BCUT2D eigenvalue weighted by molar-refractivity contribution is 0.173. The molecule has 23 heavy (non-hydrogen) atoms. The van der Waals surface area contributed by atoms with Crippen molar-refractivity contribution < 1.29 is 9.53 Å². The number of hydrogen-bond donors (Lipinski definition) is 0. The maximum atomic E-state index is 13.3. The van der Waals surface area contributed by atoms with E-state index in [4.69, 9.17) is 4.74 Å². The lowest BCUT2D eigenvalue weighted by atomic mass is 10.1. The van der Waals surface area contributed by atoms with Crippen LogP contribution in [0, 0.1) is 0 Å². The summed E-state index contributed by atoms with van der Waals surface area (Å²) in [5.41, 5.74) is 1.56. The van der Waals surface area contributed by atoms with Crippen LogP contribution in [0.4, 0.5) is 16.2 Å². The smallest absolute Gasteiger partial charge is 0.329 e. The number of carbonyl (C=O) groups excluding carboxylic acids is 1. The Morgan fingerprint density at radius 3 is 1.74 bits per heavy atom. The summed E-state index contributed by atoms with van der Waals surface area (Å²) in [6, 6.07) is 15.5. The fourth-order valence-electron chi connectivity index (χ4n) is 3.06. The van der Waals surface area contributed by atoms with E-state index in [1.807, 2.05) is 81.1 Å². The van der Waals surface area contributed by atoms with Crippen molar-refractivity contribution in [2.45, 2.75) is 39.8 Å². The fourth-order valence-corrected chi connectivity index (χ4v) is 3.06. The Balaban J connectivity index is 2.13. The number of carbonyl (C=O) groups is 1. The minimum Gasteiger partial charge on any atom is -0.453 e. The van der Waals surface area contributed by atoms with Crippen LogP contribution in [-0.2, 0) is 0 Å². The molecule has 0 bridgehead atoms. The average molecular weight is 310 g/mol. The fraction of sp³-hybridized carbons (Fsp3) is 0.316. The first-order valence-corrected chi connectivity index (χ1v) is 7.99. The van der Waals surface area contributed by atoms with Crippen LogP contribution in [0.1, 0.15) is 27.7 Å². The van der Waals surface area contributed by atoms with Gasteiger partial charge in [-0.15, -0.1) is 0 Å². The van der Waals surface area contributed by atoms with E-state index in [0.29, 0.717) is 11.5 Å². The molecule has 0 saturated carbocycles. The third kappa shape index (κ3) is 2.65. The van der Waals surface area contributed by atoms with Crippen molar-refractivity contribution in [2.75, 3.05) is 4.90 Å². The van der Waals surface area contributed by atoms with Crippen molar-refractivity contribution in [3.05, 3.63) is 48.5 Å². The topological polar surface area (TPSA) is 32.8 Å². The molecular weight excluding hydrogens is 288 g/mol. The summed E-state index contributed by atoms with van der Waals surface area (Å²) in [4.78, 5) is 16.9. The zero-order chi connectivity index (χ0) is 16.6. The molecule has 0 aliphatic carbocycles. The molecule has 120 valence electrons. The number of rotatable bonds is 2. The third-order valence-electron chi connectivity index (χ3n) is 3.96. The van der Waals surface area contributed by atoms with Crippen LogP contribution < -0.4 is 9.64 Å². The average Bonchev–Trinajstić information content (AvgIpc) is 2.51. The summed E-state index contributed by atoms with van der Waals surface area (Å²) in [5.74, 6) is 1.40. The molecule has 3 rings (SSSR count). The first-order valence-electron chi connectivity index (χ1n) is 7.99. The van der Waals surface area contributed by atoms with Crippen LogP contribution in [0.3, 0.4) is 0 Å². The first-order chi connectivity index (χ1) is 11.0. The number of fused-ring (bicyclic) bond motifs is 2. The highest BCUT2D eigenvalue weighted by atomic mass is 16.5. The second-order valence-electron chi connectivity index (χ2n) is 6.25. The third-order valence-corrected chi connectivity index (χ3v) is 3.96. The van der Waals surface area contributed by atoms with Gasteiger partial charge in [0.2, 0.25) is 0 Å². The number of ether oxygens (including phenoxy) is 1. The van der Waals surface area contributed by atoms with Crippen molar-refractivity contribution in [3.63, 3.8) is 0 Å². The number of benzene rings is 2. The van der Waals surface area contributed by atoms with E-state index in [2.05, 4.69) is 0 Å². The van der Waals surface area contributed by atoms with Crippen molar-refractivity contribution in [1.29, 1.82) is 0 Å². The normalized spacial score (nSPS) is 12.7. The number of amides is 2. The molecule has 4 heteroatoms. The molecule has 0 radical (unpaired) electrons. The quantitative estimate of drug-likeness (QED) is 0.766. The van der Waals surface area contributed by atoms with Gasteiger partial charge in [-0.25, -0.2) is 4.79 Å². The largest absolute Gasteiger partial charge is 0.453 e. The van der Waals surface area contributed by atoms with Crippen LogP contribution in [0.25, 0.3) is 0 Å². The van der Waals surface area contributed by atoms with Gasteiger partial charge in [-0.05, 0) is 52.0 Å². The Morgan fingerprint density at radius 2 is 1.30 bits per heavy atom. The molecule has 0 N–H and O–H groups in total. The highest BCUT2D eigenvalue weighted by molar-refractivity contribution is 6.03. The van der Waals surface area contributed by atoms with Gasteiger partial charge in [-0.1, -0.05) is 24.3 Å². The Kier molecular flexibility index (Phi) is 3.99. The van der Waals surface area contributed by atoms with E-state index in [1.165, 1.54) is 0 Å². The minimum atomic E-state index is -0.0294. The lowest BCUT2D eigenvalue weighted by Gasteiger charge is -2.38. The van der Waals surface area contributed by atoms with Gasteiger partial charge >= 0.3 is 6.03 Å². The summed E-state index contributed by atoms with van der Waals surface area (Å²) < 4.78 is 5.95.